The molecule has 2 rings (SSSR count). The number of nitrogens with zero attached hydrogens (tertiary/aromatic N) is 2. The number of non-ortho nitro benzene ring substituents is 1. The Morgan fingerprint density at radius 1 is 0.923 bits per heavy atom. The highest BCUT2D eigenvalue weighted by Crippen LogP contribution is 2.37. The van der Waals surface area contributed by atoms with E-state index in [-0.39, 0.29) is 22.2 Å². The van der Waals surface area contributed by atoms with Gasteiger partial charge in [-0.25, -0.2) is 0 Å². The van der Waals surface area contributed by atoms with Crippen molar-refractivity contribution in [1.29, 1.82) is 0 Å². The van der Waals surface area contributed by atoms with E-state index in [1.54, 1.807) is 18.2 Å². The average molecular weight is 356 g/mol. The number of hydrogen-bond acceptors (Lipinski definition) is 4. The Bertz CT molecular complexity index is 817. The molecular formula is C20H24N2O4. The second-order valence-corrected chi connectivity index (χ2v) is 6.47. The zero-order valence-electron chi connectivity index (χ0n) is 15.4. The highest BCUT2D eigenvalue weighted by atomic mass is 16.6. The summed E-state index contributed by atoms with van der Waals surface area (Å²) in [6.45, 7) is 5.98. The highest BCUT2D eigenvalue weighted by molar-refractivity contribution is 5.54. The van der Waals surface area contributed by atoms with E-state index < -0.39 is 4.92 Å². The lowest BCUT2D eigenvalue weighted by Crippen LogP contribution is -2.08. The molecule has 6 nitrogen and oxygen atoms in total. The Morgan fingerprint density at radius 2 is 1.58 bits per heavy atom. The van der Waals surface area contributed by atoms with Gasteiger partial charge in [0.2, 0.25) is 0 Å². The zero-order valence-corrected chi connectivity index (χ0v) is 15.4. The first-order valence-electron chi connectivity index (χ1n) is 8.94. The van der Waals surface area contributed by atoms with Gasteiger partial charge >= 0.3 is 0 Å². The fourth-order valence-corrected chi connectivity index (χ4v) is 3.50. The molecule has 0 amide bonds. The van der Waals surface area contributed by atoms with Gasteiger partial charge in [-0.2, -0.15) is 0 Å². The Morgan fingerprint density at radius 3 is 2.15 bits per heavy atom. The summed E-state index contributed by atoms with van der Waals surface area (Å²) in [6, 6.07) is 10.00. The van der Waals surface area contributed by atoms with Crippen molar-refractivity contribution in [2.45, 2.75) is 52.4 Å². The standard InChI is InChI=1S/C20H24N2O4/c1-4-7-15-11-12-17(21(23)24)13-18(15)14(3)20-16(8-5-2)9-6-10-19(20)22(25)26/h6,9-14H,4-5,7-8H2,1-3H3. The first-order chi connectivity index (χ1) is 12.4. The highest BCUT2D eigenvalue weighted by Gasteiger charge is 2.26. The van der Waals surface area contributed by atoms with Gasteiger partial charge in [0.1, 0.15) is 0 Å². The fraction of sp³-hybridized carbons (Fsp3) is 0.400. The minimum Gasteiger partial charge on any atom is -0.258 e. The van der Waals surface area contributed by atoms with Gasteiger partial charge in [-0.15, -0.1) is 0 Å². The van der Waals surface area contributed by atoms with Crippen LogP contribution in [0.25, 0.3) is 0 Å². The Hall–Kier alpha value is -2.76. The summed E-state index contributed by atoms with van der Waals surface area (Å²) in [5.74, 6) is -0.292. The van der Waals surface area contributed by atoms with Crippen LogP contribution >= 0.6 is 0 Å². The third-order valence-corrected chi connectivity index (χ3v) is 4.65. The maximum atomic E-state index is 11.6. The number of aryl methyl sites for hydroxylation is 2. The van der Waals surface area contributed by atoms with Crippen LogP contribution in [0.4, 0.5) is 11.4 Å². The molecule has 0 aromatic heterocycles. The van der Waals surface area contributed by atoms with E-state index in [9.17, 15) is 20.2 Å². The number of nitro groups is 2. The molecule has 2 aromatic rings. The van der Waals surface area contributed by atoms with Gasteiger partial charge in [-0.3, -0.25) is 20.2 Å². The second kappa shape index (κ2) is 8.56. The van der Waals surface area contributed by atoms with E-state index >= 15 is 0 Å². The van der Waals surface area contributed by atoms with Crippen LogP contribution in [0.1, 0.15) is 61.8 Å². The van der Waals surface area contributed by atoms with E-state index in [0.29, 0.717) is 5.56 Å². The SMILES string of the molecule is CCCc1ccc([N+](=O)[O-])cc1C(C)c1c(CCC)cccc1[N+](=O)[O-]. The van der Waals surface area contributed by atoms with Crippen LogP contribution in [0.15, 0.2) is 36.4 Å². The predicted octanol–water partition coefficient (Wildman–Crippen LogP) is 5.56. The summed E-state index contributed by atoms with van der Waals surface area (Å²) in [7, 11) is 0. The van der Waals surface area contributed by atoms with E-state index in [1.165, 1.54) is 12.1 Å². The molecule has 0 heterocycles. The largest absolute Gasteiger partial charge is 0.273 e. The van der Waals surface area contributed by atoms with Gasteiger partial charge in [0.25, 0.3) is 11.4 Å². The van der Waals surface area contributed by atoms with Gasteiger partial charge in [-0.1, -0.05) is 51.8 Å². The average Bonchev–Trinajstić information content (AvgIpc) is 2.61. The molecule has 2 aromatic carbocycles. The Labute approximate surface area is 153 Å². The summed E-state index contributed by atoms with van der Waals surface area (Å²) in [5, 5.41) is 22.8. The lowest BCUT2D eigenvalue weighted by molar-refractivity contribution is -0.385. The fourth-order valence-electron chi connectivity index (χ4n) is 3.50. The van der Waals surface area contributed by atoms with Crippen molar-refractivity contribution in [3.8, 4) is 0 Å². The van der Waals surface area contributed by atoms with Crippen molar-refractivity contribution in [2.24, 2.45) is 0 Å². The maximum Gasteiger partial charge on any atom is 0.273 e. The molecule has 0 aliphatic rings. The molecule has 1 unspecified atom stereocenters. The van der Waals surface area contributed by atoms with Gasteiger partial charge < -0.3 is 0 Å². The van der Waals surface area contributed by atoms with Crippen molar-refractivity contribution in [1.82, 2.24) is 0 Å². The van der Waals surface area contributed by atoms with Crippen LogP contribution in [0, 0.1) is 20.2 Å². The molecule has 0 aliphatic carbocycles. The number of hydrogen-bond donors (Lipinski definition) is 0. The minimum absolute atomic E-state index is 0.0160. The number of rotatable bonds is 8. The van der Waals surface area contributed by atoms with E-state index in [0.717, 1.165) is 42.4 Å². The quantitative estimate of drug-likeness (QED) is 0.457. The van der Waals surface area contributed by atoms with Crippen LogP contribution in [-0.2, 0) is 12.8 Å². The molecule has 0 saturated heterocycles. The first kappa shape index (κ1) is 19.6. The molecule has 1 atom stereocenters. The van der Waals surface area contributed by atoms with Gasteiger partial charge in [0, 0.05) is 29.7 Å². The molecular weight excluding hydrogens is 332 g/mol. The summed E-state index contributed by atoms with van der Waals surface area (Å²) < 4.78 is 0. The van der Waals surface area contributed by atoms with E-state index in [1.807, 2.05) is 26.8 Å². The molecule has 0 N–H and O–H groups in total. The molecule has 0 radical (unpaired) electrons. The van der Waals surface area contributed by atoms with Gasteiger partial charge in [0.05, 0.1) is 9.85 Å². The van der Waals surface area contributed by atoms with E-state index in [4.69, 9.17) is 0 Å². The van der Waals surface area contributed by atoms with Crippen molar-refractivity contribution >= 4 is 11.4 Å². The summed E-state index contributed by atoms with van der Waals surface area (Å²) in [4.78, 5) is 22.0. The third kappa shape index (κ3) is 4.07. The lowest BCUT2D eigenvalue weighted by Gasteiger charge is -2.20. The number of nitro benzene ring substituents is 2. The van der Waals surface area contributed by atoms with Crippen molar-refractivity contribution < 1.29 is 9.85 Å². The lowest BCUT2D eigenvalue weighted by atomic mass is 9.83. The maximum absolute atomic E-state index is 11.6. The molecule has 0 saturated carbocycles. The molecule has 0 aliphatic heterocycles. The first-order valence-corrected chi connectivity index (χ1v) is 8.94. The van der Waals surface area contributed by atoms with Gasteiger partial charge in [0.15, 0.2) is 0 Å². The zero-order chi connectivity index (χ0) is 19.3. The predicted molar refractivity (Wildman–Crippen MR) is 102 cm³/mol. The molecule has 0 bridgehead atoms. The summed E-state index contributed by atoms with van der Waals surface area (Å²) in [5.41, 5.74) is 3.50. The normalized spacial score (nSPS) is 12.0. The van der Waals surface area contributed by atoms with Gasteiger partial charge in [-0.05, 0) is 29.5 Å². The molecule has 26 heavy (non-hydrogen) atoms. The third-order valence-electron chi connectivity index (χ3n) is 4.65. The molecule has 0 spiro atoms. The van der Waals surface area contributed by atoms with Crippen molar-refractivity contribution in [3.05, 3.63) is 78.9 Å². The summed E-state index contributed by atoms with van der Waals surface area (Å²) in [6.07, 6.45) is 3.29. The molecule has 6 heteroatoms. The molecule has 138 valence electrons. The van der Waals surface area contributed by atoms with Crippen LogP contribution in [-0.4, -0.2) is 9.85 Å². The second-order valence-electron chi connectivity index (χ2n) is 6.47. The molecule has 0 fully saturated rings. The Balaban J connectivity index is 2.68. The van der Waals surface area contributed by atoms with Crippen LogP contribution in [0.5, 0.6) is 0 Å². The monoisotopic (exact) mass is 356 g/mol. The number of benzene rings is 2. The summed E-state index contributed by atoms with van der Waals surface area (Å²) >= 11 is 0. The topological polar surface area (TPSA) is 86.3 Å². The van der Waals surface area contributed by atoms with Crippen LogP contribution < -0.4 is 0 Å². The van der Waals surface area contributed by atoms with Crippen molar-refractivity contribution in [3.63, 3.8) is 0 Å². The van der Waals surface area contributed by atoms with E-state index in [2.05, 4.69) is 0 Å². The Kier molecular flexibility index (Phi) is 6.44. The van der Waals surface area contributed by atoms with Crippen molar-refractivity contribution in [2.75, 3.05) is 0 Å². The van der Waals surface area contributed by atoms with Crippen LogP contribution in [0.2, 0.25) is 0 Å². The smallest absolute Gasteiger partial charge is 0.258 e. The minimum atomic E-state index is -0.418. The van der Waals surface area contributed by atoms with Crippen LogP contribution in [0.3, 0.4) is 0 Å².